The van der Waals surface area contributed by atoms with Crippen LogP contribution in [0.4, 0.5) is 5.13 Å². The Morgan fingerprint density at radius 2 is 1.95 bits per heavy atom. The Bertz CT molecular complexity index is 567. The number of carbonyl (C=O) groups is 1. The van der Waals surface area contributed by atoms with E-state index in [-0.39, 0.29) is 12.5 Å². The molecule has 0 aliphatic heterocycles. The van der Waals surface area contributed by atoms with Gasteiger partial charge in [-0.1, -0.05) is 43.4 Å². The van der Waals surface area contributed by atoms with Crippen LogP contribution in [-0.4, -0.2) is 22.7 Å². The summed E-state index contributed by atoms with van der Waals surface area (Å²) in [5.41, 5.74) is 0. The smallest absolute Gasteiger partial charge is 0.264 e. The Kier molecular flexibility index (Phi) is 5.68. The van der Waals surface area contributed by atoms with Gasteiger partial charge in [-0.05, 0) is 25.0 Å². The van der Waals surface area contributed by atoms with Crippen molar-refractivity contribution in [1.82, 2.24) is 10.2 Å². The predicted octanol–water partition coefficient (Wildman–Crippen LogP) is 3.46. The fourth-order valence-corrected chi connectivity index (χ4v) is 2.94. The van der Waals surface area contributed by atoms with Crippen molar-refractivity contribution in [2.75, 3.05) is 11.9 Å². The molecular formula is C15H19N3O2S. The maximum atomic E-state index is 11.8. The van der Waals surface area contributed by atoms with E-state index in [1.807, 2.05) is 30.3 Å². The molecule has 1 aromatic heterocycles. The lowest BCUT2D eigenvalue weighted by molar-refractivity contribution is -0.118. The molecule has 6 heteroatoms. The van der Waals surface area contributed by atoms with E-state index in [0.717, 1.165) is 17.8 Å². The molecule has 5 nitrogen and oxygen atoms in total. The summed E-state index contributed by atoms with van der Waals surface area (Å²) in [4.78, 5) is 11.8. The Hall–Kier alpha value is -1.95. The maximum Gasteiger partial charge on any atom is 0.264 e. The molecule has 0 saturated heterocycles. The highest BCUT2D eigenvalue weighted by molar-refractivity contribution is 7.15. The zero-order chi connectivity index (χ0) is 15.1. The predicted molar refractivity (Wildman–Crippen MR) is 83.8 cm³/mol. The minimum atomic E-state index is -0.230. The van der Waals surface area contributed by atoms with Crippen molar-refractivity contribution in [3.8, 4) is 5.75 Å². The van der Waals surface area contributed by atoms with Crippen molar-refractivity contribution >= 4 is 22.4 Å². The van der Waals surface area contributed by atoms with Crippen LogP contribution in [0.15, 0.2) is 30.3 Å². The normalized spacial score (nSPS) is 10.6. The van der Waals surface area contributed by atoms with Gasteiger partial charge in [-0.3, -0.25) is 10.1 Å². The summed E-state index contributed by atoms with van der Waals surface area (Å²) in [6.07, 6.45) is 2.05. The highest BCUT2D eigenvalue weighted by atomic mass is 32.1. The van der Waals surface area contributed by atoms with Crippen LogP contribution in [0.2, 0.25) is 0 Å². The van der Waals surface area contributed by atoms with Gasteiger partial charge in [0.1, 0.15) is 10.8 Å². The maximum absolute atomic E-state index is 11.8. The SMILES string of the molecule is CCC(CC)c1nnc(NC(=O)COc2ccccc2)s1. The first-order chi connectivity index (χ1) is 10.2. The molecule has 0 aliphatic rings. The fourth-order valence-electron chi connectivity index (χ4n) is 1.91. The monoisotopic (exact) mass is 305 g/mol. The third kappa shape index (κ3) is 4.53. The van der Waals surface area contributed by atoms with Crippen LogP contribution in [0.5, 0.6) is 5.75 Å². The average molecular weight is 305 g/mol. The Morgan fingerprint density at radius 1 is 1.24 bits per heavy atom. The topological polar surface area (TPSA) is 64.1 Å². The molecule has 0 radical (unpaired) electrons. The highest BCUT2D eigenvalue weighted by Crippen LogP contribution is 2.27. The van der Waals surface area contributed by atoms with Gasteiger partial charge in [-0.15, -0.1) is 10.2 Å². The minimum Gasteiger partial charge on any atom is -0.484 e. The number of hydrogen-bond acceptors (Lipinski definition) is 5. The second kappa shape index (κ2) is 7.73. The molecule has 2 rings (SSSR count). The highest BCUT2D eigenvalue weighted by Gasteiger charge is 2.14. The quantitative estimate of drug-likeness (QED) is 0.851. The number of amides is 1. The lowest BCUT2D eigenvalue weighted by Crippen LogP contribution is -2.20. The van der Waals surface area contributed by atoms with Crippen LogP contribution in [0.1, 0.15) is 37.6 Å². The number of nitrogens with zero attached hydrogens (tertiary/aromatic N) is 2. The zero-order valence-corrected chi connectivity index (χ0v) is 13.0. The number of ether oxygens (including phenoxy) is 1. The number of hydrogen-bond donors (Lipinski definition) is 1. The molecule has 1 heterocycles. The van der Waals surface area contributed by atoms with Gasteiger partial charge in [0.2, 0.25) is 5.13 Å². The first-order valence-corrected chi connectivity index (χ1v) is 7.85. The van der Waals surface area contributed by atoms with Crippen molar-refractivity contribution < 1.29 is 9.53 Å². The van der Waals surface area contributed by atoms with Gasteiger partial charge in [0, 0.05) is 5.92 Å². The molecule has 0 spiro atoms. The summed E-state index contributed by atoms with van der Waals surface area (Å²) in [6.45, 7) is 4.22. The van der Waals surface area contributed by atoms with E-state index in [9.17, 15) is 4.79 Å². The summed E-state index contributed by atoms with van der Waals surface area (Å²) >= 11 is 1.43. The van der Waals surface area contributed by atoms with E-state index in [1.54, 1.807) is 0 Å². The van der Waals surface area contributed by atoms with E-state index < -0.39 is 0 Å². The minimum absolute atomic E-state index is 0.0378. The van der Waals surface area contributed by atoms with Gasteiger partial charge in [-0.25, -0.2) is 0 Å². The van der Waals surface area contributed by atoms with E-state index in [0.29, 0.717) is 16.8 Å². The average Bonchev–Trinajstić information content (AvgIpc) is 2.96. The van der Waals surface area contributed by atoms with E-state index in [1.165, 1.54) is 11.3 Å². The number of para-hydroxylation sites is 1. The molecule has 0 atom stereocenters. The van der Waals surface area contributed by atoms with Gasteiger partial charge in [0.05, 0.1) is 0 Å². The number of rotatable bonds is 7. The molecule has 2 aromatic rings. The summed E-state index contributed by atoms with van der Waals surface area (Å²) in [5, 5.41) is 12.4. The summed E-state index contributed by atoms with van der Waals surface area (Å²) in [5.74, 6) is 0.849. The molecule has 0 unspecified atom stereocenters. The van der Waals surface area contributed by atoms with Gasteiger partial charge in [0.25, 0.3) is 5.91 Å². The van der Waals surface area contributed by atoms with Crippen molar-refractivity contribution in [2.24, 2.45) is 0 Å². The number of carbonyl (C=O) groups excluding carboxylic acids is 1. The fraction of sp³-hybridized carbons (Fsp3) is 0.400. The van der Waals surface area contributed by atoms with Crippen molar-refractivity contribution in [3.63, 3.8) is 0 Å². The molecule has 1 N–H and O–H groups in total. The van der Waals surface area contributed by atoms with Crippen LogP contribution in [0.25, 0.3) is 0 Å². The van der Waals surface area contributed by atoms with Crippen molar-refractivity contribution in [1.29, 1.82) is 0 Å². The lowest BCUT2D eigenvalue weighted by Gasteiger charge is -2.06. The number of aromatic nitrogens is 2. The Morgan fingerprint density at radius 3 is 2.62 bits per heavy atom. The molecule has 0 aliphatic carbocycles. The summed E-state index contributed by atoms with van der Waals surface area (Å²) < 4.78 is 5.38. The van der Waals surface area contributed by atoms with E-state index in [4.69, 9.17) is 4.74 Å². The zero-order valence-electron chi connectivity index (χ0n) is 12.2. The molecule has 0 fully saturated rings. The molecule has 0 saturated carbocycles. The van der Waals surface area contributed by atoms with Crippen molar-refractivity contribution in [3.05, 3.63) is 35.3 Å². The molecule has 112 valence electrons. The van der Waals surface area contributed by atoms with E-state index in [2.05, 4.69) is 29.4 Å². The number of benzene rings is 1. The molecule has 0 bridgehead atoms. The molecule has 1 aromatic carbocycles. The second-order valence-electron chi connectivity index (χ2n) is 4.61. The third-order valence-electron chi connectivity index (χ3n) is 3.13. The molecule has 21 heavy (non-hydrogen) atoms. The summed E-state index contributed by atoms with van der Waals surface area (Å²) in [7, 11) is 0. The van der Waals surface area contributed by atoms with Gasteiger partial charge < -0.3 is 4.74 Å². The van der Waals surface area contributed by atoms with Crippen molar-refractivity contribution in [2.45, 2.75) is 32.6 Å². The van der Waals surface area contributed by atoms with Crippen LogP contribution in [0, 0.1) is 0 Å². The van der Waals surface area contributed by atoms with Gasteiger partial charge in [-0.2, -0.15) is 0 Å². The number of nitrogens with one attached hydrogen (secondary N) is 1. The lowest BCUT2D eigenvalue weighted by atomic mass is 10.1. The largest absolute Gasteiger partial charge is 0.484 e. The van der Waals surface area contributed by atoms with Gasteiger partial charge in [0.15, 0.2) is 6.61 Å². The first kappa shape index (κ1) is 15.4. The second-order valence-corrected chi connectivity index (χ2v) is 5.62. The van der Waals surface area contributed by atoms with Crippen LogP contribution >= 0.6 is 11.3 Å². The summed E-state index contributed by atoms with van der Waals surface area (Å²) in [6, 6.07) is 9.24. The van der Waals surface area contributed by atoms with Gasteiger partial charge >= 0.3 is 0 Å². The number of anilines is 1. The Labute approximate surface area is 128 Å². The van der Waals surface area contributed by atoms with Crippen LogP contribution in [0.3, 0.4) is 0 Å². The van der Waals surface area contributed by atoms with E-state index >= 15 is 0 Å². The molecule has 1 amide bonds. The molecular weight excluding hydrogens is 286 g/mol. The van der Waals surface area contributed by atoms with Crippen LogP contribution < -0.4 is 10.1 Å². The Balaban J connectivity index is 1.85. The standard InChI is InChI=1S/C15H19N3O2S/c1-3-11(4-2)14-17-18-15(21-14)16-13(19)10-20-12-8-6-5-7-9-12/h5-9,11H,3-4,10H2,1-2H3,(H,16,18,19). The third-order valence-corrected chi connectivity index (χ3v) is 4.14. The first-order valence-electron chi connectivity index (χ1n) is 7.04. The van der Waals surface area contributed by atoms with Crippen LogP contribution in [-0.2, 0) is 4.79 Å².